The predicted molar refractivity (Wildman–Crippen MR) is 59.2 cm³/mol. The van der Waals surface area contributed by atoms with E-state index in [1.165, 1.54) is 6.07 Å². The van der Waals surface area contributed by atoms with Crippen molar-refractivity contribution in [1.82, 2.24) is 5.32 Å². The molecule has 3 N–H and O–H groups in total. The van der Waals surface area contributed by atoms with E-state index in [4.69, 9.17) is 17.3 Å². The zero-order valence-corrected chi connectivity index (χ0v) is 9.10. The Morgan fingerprint density at radius 2 is 2.20 bits per heavy atom. The van der Waals surface area contributed by atoms with E-state index < -0.39 is 0 Å². The average molecular weight is 229 g/mol. The van der Waals surface area contributed by atoms with Gasteiger partial charge in [0.1, 0.15) is 5.82 Å². The summed E-state index contributed by atoms with van der Waals surface area (Å²) in [5.74, 6) is -0.369. The molecule has 0 bridgehead atoms. The van der Waals surface area contributed by atoms with Gasteiger partial charge in [0.05, 0.1) is 5.02 Å². The van der Waals surface area contributed by atoms with E-state index in [9.17, 15) is 4.39 Å². The molecule has 0 heterocycles. The van der Waals surface area contributed by atoms with Gasteiger partial charge in [-0.15, -0.1) is 0 Å². The second-order valence-corrected chi connectivity index (χ2v) is 4.46. The first-order valence-corrected chi connectivity index (χ1v) is 5.46. The lowest BCUT2D eigenvalue weighted by Gasteiger charge is -2.33. The Balaban J connectivity index is 1.86. The largest absolute Gasteiger partial charge is 0.328 e. The Hall–Kier alpha value is -0.640. The molecule has 1 aromatic carbocycles. The zero-order valence-electron chi connectivity index (χ0n) is 8.34. The van der Waals surface area contributed by atoms with E-state index in [-0.39, 0.29) is 10.8 Å². The lowest BCUT2D eigenvalue weighted by Crippen LogP contribution is -2.48. The number of hydrogen-bond acceptors (Lipinski definition) is 2. The molecule has 0 amide bonds. The monoisotopic (exact) mass is 228 g/mol. The van der Waals surface area contributed by atoms with Gasteiger partial charge in [-0.05, 0) is 30.5 Å². The molecule has 0 saturated heterocycles. The molecule has 0 spiro atoms. The molecule has 0 unspecified atom stereocenters. The highest BCUT2D eigenvalue weighted by Gasteiger charge is 2.24. The van der Waals surface area contributed by atoms with Crippen LogP contribution >= 0.6 is 11.6 Å². The van der Waals surface area contributed by atoms with Gasteiger partial charge >= 0.3 is 0 Å². The van der Waals surface area contributed by atoms with E-state index in [1.54, 1.807) is 12.1 Å². The lowest BCUT2D eigenvalue weighted by molar-refractivity contribution is 0.291. The number of halogens is 2. The Morgan fingerprint density at radius 3 is 2.80 bits per heavy atom. The van der Waals surface area contributed by atoms with Gasteiger partial charge in [0.25, 0.3) is 0 Å². The Labute approximate surface area is 93.6 Å². The van der Waals surface area contributed by atoms with Crippen LogP contribution in [0.3, 0.4) is 0 Å². The van der Waals surface area contributed by atoms with E-state index >= 15 is 0 Å². The van der Waals surface area contributed by atoms with Crippen LogP contribution in [0.2, 0.25) is 5.02 Å². The third-order valence-corrected chi connectivity index (χ3v) is 3.04. The highest BCUT2D eigenvalue weighted by molar-refractivity contribution is 6.30. The average Bonchev–Trinajstić information content (AvgIpc) is 2.16. The Kier molecular flexibility index (Phi) is 3.24. The summed E-state index contributed by atoms with van der Waals surface area (Å²) < 4.78 is 12.9. The third-order valence-electron chi connectivity index (χ3n) is 2.75. The number of hydrogen-bond donors (Lipinski definition) is 2. The maximum absolute atomic E-state index is 12.9. The van der Waals surface area contributed by atoms with Crippen LogP contribution in [-0.2, 0) is 6.54 Å². The van der Waals surface area contributed by atoms with Gasteiger partial charge in [-0.2, -0.15) is 0 Å². The molecule has 0 aliphatic heterocycles. The van der Waals surface area contributed by atoms with Gasteiger partial charge < -0.3 is 11.1 Å². The third kappa shape index (κ3) is 2.68. The summed E-state index contributed by atoms with van der Waals surface area (Å²) in [4.78, 5) is 0. The van der Waals surface area contributed by atoms with Crippen LogP contribution in [0.1, 0.15) is 18.4 Å². The van der Waals surface area contributed by atoms with Crippen molar-refractivity contribution in [3.05, 3.63) is 34.6 Å². The van der Waals surface area contributed by atoms with Crippen molar-refractivity contribution in [2.24, 2.45) is 5.73 Å². The predicted octanol–water partition coefficient (Wildman–Crippen LogP) is 2.06. The smallest absolute Gasteiger partial charge is 0.141 e. The van der Waals surface area contributed by atoms with E-state index in [1.807, 2.05) is 0 Å². The van der Waals surface area contributed by atoms with Crippen LogP contribution in [0.25, 0.3) is 0 Å². The first kappa shape index (κ1) is 10.9. The van der Waals surface area contributed by atoms with Gasteiger partial charge in [0.2, 0.25) is 0 Å². The van der Waals surface area contributed by atoms with Crippen molar-refractivity contribution in [2.45, 2.75) is 31.5 Å². The normalized spacial score (nSPS) is 25.0. The molecule has 1 aliphatic rings. The molecular formula is C11H14ClFN2. The molecule has 2 rings (SSSR count). The quantitative estimate of drug-likeness (QED) is 0.831. The summed E-state index contributed by atoms with van der Waals surface area (Å²) in [6, 6.07) is 5.64. The molecule has 1 saturated carbocycles. The Bertz CT molecular complexity index is 350. The van der Waals surface area contributed by atoms with Crippen molar-refractivity contribution in [2.75, 3.05) is 0 Å². The number of benzene rings is 1. The fraction of sp³-hybridized carbons (Fsp3) is 0.455. The molecule has 4 heteroatoms. The summed E-state index contributed by atoms with van der Waals surface area (Å²) in [6.07, 6.45) is 2.05. The molecule has 0 aromatic heterocycles. The van der Waals surface area contributed by atoms with Crippen molar-refractivity contribution < 1.29 is 4.39 Å². The molecule has 15 heavy (non-hydrogen) atoms. The minimum atomic E-state index is -0.369. The van der Waals surface area contributed by atoms with Crippen molar-refractivity contribution >= 4 is 11.6 Å². The number of rotatable bonds is 3. The molecule has 2 nitrogen and oxygen atoms in total. The van der Waals surface area contributed by atoms with E-state index in [0.29, 0.717) is 12.1 Å². The highest BCUT2D eigenvalue weighted by atomic mass is 35.5. The number of nitrogens with two attached hydrogens (primary N) is 1. The van der Waals surface area contributed by atoms with Gasteiger partial charge in [-0.3, -0.25) is 0 Å². The SMILES string of the molecule is NC1CC(NCc2ccc(F)c(Cl)c2)C1. The van der Waals surface area contributed by atoms with Crippen LogP contribution in [-0.4, -0.2) is 12.1 Å². The molecule has 0 radical (unpaired) electrons. The van der Waals surface area contributed by atoms with Gasteiger partial charge in [-0.25, -0.2) is 4.39 Å². The van der Waals surface area contributed by atoms with Crippen LogP contribution < -0.4 is 11.1 Å². The summed E-state index contributed by atoms with van der Waals surface area (Å²) in [5.41, 5.74) is 6.67. The van der Waals surface area contributed by atoms with Crippen LogP contribution in [0.4, 0.5) is 4.39 Å². The highest BCUT2D eigenvalue weighted by Crippen LogP contribution is 2.19. The van der Waals surface area contributed by atoms with Crippen molar-refractivity contribution in [3.8, 4) is 0 Å². The Morgan fingerprint density at radius 1 is 1.47 bits per heavy atom. The maximum atomic E-state index is 12.9. The topological polar surface area (TPSA) is 38.0 Å². The number of nitrogens with one attached hydrogen (secondary N) is 1. The molecule has 1 aliphatic carbocycles. The summed E-state index contributed by atoms with van der Waals surface area (Å²) in [5, 5.41) is 3.53. The van der Waals surface area contributed by atoms with E-state index in [2.05, 4.69) is 5.32 Å². The minimum absolute atomic E-state index is 0.180. The second-order valence-electron chi connectivity index (χ2n) is 4.06. The molecule has 1 fully saturated rings. The summed E-state index contributed by atoms with van der Waals surface area (Å²) in [7, 11) is 0. The van der Waals surface area contributed by atoms with Crippen molar-refractivity contribution in [1.29, 1.82) is 0 Å². The lowest BCUT2D eigenvalue weighted by atomic mass is 9.87. The first-order valence-electron chi connectivity index (χ1n) is 5.08. The standard InChI is InChI=1S/C11H14ClFN2/c12-10-3-7(1-2-11(10)13)6-15-9-4-8(14)5-9/h1-3,8-9,15H,4-6,14H2. The fourth-order valence-corrected chi connectivity index (χ4v) is 1.94. The van der Waals surface area contributed by atoms with Crippen LogP contribution in [0, 0.1) is 5.82 Å². The maximum Gasteiger partial charge on any atom is 0.141 e. The molecule has 1 aromatic rings. The second kappa shape index (κ2) is 4.47. The zero-order chi connectivity index (χ0) is 10.8. The van der Waals surface area contributed by atoms with Crippen LogP contribution in [0.15, 0.2) is 18.2 Å². The van der Waals surface area contributed by atoms with E-state index in [0.717, 1.165) is 24.9 Å². The fourth-order valence-electron chi connectivity index (χ4n) is 1.74. The van der Waals surface area contributed by atoms with Gasteiger partial charge in [-0.1, -0.05) is 17.7 Å². The van der Waals surface area contributed by atoms with Gasteiger partial charge in [0.15, 0.2) is 0 Å². The first-order chi connectivity index (χ1) is 7.15. The van der Waals surface area contributed by atoms with Crippen LogP contribution in [0.5, 0.6) is 0 Å². The molecular weight excluding hydrogens is 215 g/mol. The van der Waals surface area contributed by atoms with Gasteiger partial charge in [0, 0.05) is 18.6 Å². The molecule has 82 valence electrons. The summed E-state index contributed by atoms with van der Waals surface area (Å²) in [6.45, 7) is 0.720. The molecule has 0 atom stereocenters. The minimum Gasteiger partial charge on any atom is -0.328 e. The van der Waals surface area contributed by atoms with Crippen molar-refractivity contribution in [3.63, 3.8) is 0 Å². The summed E-state index contributed by atoms with van der Waals surface area (Å²) >= 11 is 5.68.